The number of likely N-dealkylation sites (tertiary alicyclic amines) is 1. The van der Waals surface area contributed by atoms with Crippen LogP contribution in [0.5, 0.6) is 0 Å². The first-order chi connectivity index (χ1) is 9.32. The molecular weight excluding hydrogens is 262 g/mol. The predicted molar refractivity (Wildman–Crippen MR) is 73.3 cm³/mol. The summed E-state index contributed by atoms with van der Waals surface area (Å²) in [5.41, 5.74) is 0. The molecule has 1 aliphatic heterocycles. The number of amides is 3. The van der Waals surface area contributed by atoms with Crippen molar-refractivity contribution >= 4 is 17.9 Å². The Bertz CT molecular complexity index is 376. The standard InChI is InChI=1S/C13H23N3O4/c1-14(2)13(20)16-8-4-10(5-9-16)12(19)15(3)7-6-11(17)18/h10H,4-9H2,1-3H3,(H,17,18). The molecule has 0 bridgehead atoms. The highest BCUT2D eigenvalue weighted by Gasteiger charge is 2.29. The lowest BCUT2D eigenvalue weighted by Gasteiger charge is -2.34. The minimum atomic E-state index is -0.906. The Hall–Kier alpha value is -1.79. The predicted octanol–water partition coefficient (Wildman–Crippen LogP) is 0.313. The Morgan fingerprint density at radius 1 is 1.15 bits per heavy atom. The number of carbonyl (C=O) groups excluding carboxylic acids is 2. The second-order valence-electron chi connectivity index (χ2n) is 5.34. The lowest BCUT2D eigenvalue weighted by atomic mass is 9.95. The van der Waals surface area contributed by atoms with Crippen LogP contribution in [0, 0.1) is 5.92 Å². The summed E-state index contributed by atoms with van der Waals surface area (Å²) in [5, 5.41) is 8.62. The average molecular weight is 285 g/mol. The minimum Gasteiger partial charge on any atom is -0.481 e. The summed E-state index contributed by atoms with van der Waals surface area (Å²) in [4.78, 5) is 39.2. The summed E-state index contributed by atoms with van der Waals surface area (Å²) in [6.07, 6.45) is 1.23. The van der Waals surface area contributed by atoms with Crippen molar-refractivity contribution in [2.24, 2.45) is 5.92 Å². The zero-order valence-electron chi connectivity index (χ0n) is 12.3. The highest BCUT2D eigenvalue weighted by molar-refractivity contribution is 5.80. The molecule has 0 aromatic rings. The van der Waals surface area contributed by atoms with Crippen molar-refractivity contribution in [1.82, 2.24) is 14.7 Å². The fourth-order valence-electron chi connectivity index (χ4n) is 2.29. The molecule has 1 aliphatic rings. The van der Waals surface area contributed by atoms with E-state index in [1.807, 2.05) is 0 Å². The van der Waals surface area contributed by atoms with Gasteiger partial charge in [0.15, 0.2) is 0 Å². The fourth-order valence-corrected chi connectivity index (χ4v) is 2.29. The van der Waals surface area contributed by atoms with Crippen molar-refractivity contribution in [3.63, 3.8) is 0 Å². The summed E-state index contributed by atoms with van der Waals surface area (Å²) < 4.78 is 0. The molecule has 1 rings (SSSR count). The van der Waals surface area contributed by atoms with Crippen LogP contribution in [-0.2, 0) is 9.59 Å². The maximum Gasteiger partial charge on any atom is 0.319 e. The molecule has 1 N–H and O–H groups in total. The highest BCUT2D eigenvalue weighted by Crippen LogP contribution is 2.20. The number of carbonyl (C=O) groups is 3. The molecule has 0 saturated carbocycles. The molecule has 0 spiro atoms. The van der Waals surface area contributed by atoms with Crippen LogP contribution in [0.4, 0.5) is 4.79 Å². The van der Waals surface area contributed by atoms with Crippen molar-refractivity contribution < 1.29 is 19.5 Å². The smallest absolute Gasteiger partial charge is 0.319 e. The van der Waals surface area contributed by atoms with Gasteiger partial charge in [0.1, 0.15) is 0 Å². The van der Waals surface area contributed by atoms with Gasteiger partial charge in [-0.1, -0.05) is 0 Å². The zero-order chi connectivity index (χ0) is 15.3. The van der Waals surface area contributed by atoms with Crippen LogP contribution in [0.25, 0.3) is 0 Å². The second-order valence-corrected chi connectivity index (χ2v) is 5.34. The molecule has 0 radical (unpaired) electrons. The zero-order valence-corrected chi connectivity index (χ0v) is 12.3. The monoisotopic (exact) mass is 285 g/mol. The van der Waals surface area contributed by atoms with E-state index in [9.17, 15) is 14.4 Å². The maximum atomic E-state index is 12.1. The lowest BCUT2D eigenvalue weighted by molar-refractivity contribution is -0.139. The van der Waals surface area contributed by atoms with Gasteiger partial charge in [0.25, 0.3) is 0 Å². The lowest BCUT2D eigenvalue weighted by Crippen LogP contribution is -2.46. The van der Waals surface area contributed by atoms with Crippen molar-refractivity contribution in [2.45, 2.75) is 19.3 Å². The van der Waals surface area contributed by atoms with Gasteiger partial charge < -0.3 is 19.8 Å². The van der Waals surface area contributed by atoms with Gasteiger partial charge in [0.05, 0.1) is 6.42 Å². The second kappa shape index (κ2) is 7.12. The maximum absolute atomic E-state index is 12.1. The number of aliphatic carboxylic acids is 1. The van der Waals surface area contributed by atoms with E-state index in [1.165, 1.54) is 9.80 Å². The van der Waals surface area contributed by atoms with E-state index in [-0.39, 0.29) is 30.8 Å². The largest absolute Gasteiger partial charge is 0.481 e. The van der Waals surface area contributed by atoms with Crippen LogP contribution in [-0.4, -0.2) is 78.5 Å². The molecule has 0 aromatic heterocycles. The Morgan fingerprint density at radius 2 is 1.70 bits per heavy atom. The molecule has 0 aliphatic carbocycles. The summed E-state index contributed by atoms with van der Waals surface area (Å²) in [6, 6.07) is -0.0323. The SMILES string of the molecule is CN(C)C(=O)N1CCC(C(=O)N(C)CCC(=O)O)CC1. The number of piperidine rings is 1. The molecule has 114 valence electrons. The van der Waals surface area contributed by atoms with Crippen molar-refractivity contribution in [3.05, 3.63) is 0 Å². The van der Waals surface area contributed by atoms with E-state index in [0.29, 0.717) is 25.9 Å². The minimum absolute atomic E-state index is 0.0248. The van der Waals surface area contributed by atoms with Crippen molar-refractivity contribution in [2.75, 3.05) is 40.8 Å². The van der Waals surface area contributed by atoms with Crippen LogP contribution >= 0.6 is 0 Å². The quantitative estimate of drug-likeness (QED) is 0.806. The molecule has 20 heavy (non-hydrogen) atoms. The van der Waals surface area contributed by atoms with Gasteiger partial charge in [0, 0.05) is 46.7 Å². The van der Waals surface area contributed by atoms with Gasteiger partial charge in [0.2, 0.25) is 5.91 Å². The molecule has 1 heterocycles. The Balaban J connectivity index is 2.42. The molecule has 0 unspecified atom stereocenters. The van der Waals surface area contributed by atoms with Crippen LogP contribution < -0.4 is 0 Å². The molecule has 3 amide bonds. The Labute approximate surface area is 119 Å². The number of hydrogen-bond acceptors (Lipinski definition) is 3. The number of carboxylic acid groups (broad SMARTS) is 1. The Kier molecular flexibility index (Phi) is 5.79. The van der Waals surface area contributed by atoms with Crippen LogP contribution in [0.1, 0.15) is 19.3 Å². The van der Waals surface area contributed by atoms with Crippen molar-refractivity contribution in [3.8, 4) is 0 Å². The fraction of sp³-hybridized carbons (Fsp3) is 0.769. The van der Waals surface area contributed by atoms with Gasteiger partial charge >= 0.3 is 12.0 Å². The number of carboxylic acids is 1. The molecule has 1 saturated heterocycles. The molecule has 1 fully saturated rings. The topological polar surface area (TPSA) is 81.2 Å². The van der Waals surface area contributed by atoms with E-state index in [0.717, 1.165) is 0 Å². The third-order valence-corrected chi connectivity index (χ3v) is 3.53. The van der Waals surface area contributed by atoms with Gasteiger partial charge in [-0.15, -0.1) is 0 Å². The molecule has 7 nitrogen and oxygen atoms in total. The number of rotatable bonds is 4. The molecular formula is C13H23N3O4. The van der Waals surface area contributed by atoms with E-state index in [4.69, 9.17) is 5.11 Å². The molecule has 7 heteroatoms. The number of urea groups is 1. The third-order valence-electron chi connectivity index (χ3n) is 3.53. The van der Waals surface area contributed by atoms with Gasteiger partial charge in [-0.2, -0.15) is 0 Å². The first-order valence-electron chi connectivity index (χ1n) is 6.76. The van der Waals surface area contributed by atoms with E-state index in [1.54, 1.807) is 26.0 Å². The highest BCUT2D eigenvalue weighted by atomic mass is 16.4. The number of hydrogen-bond donors (Lipinski definition) is 1. The van der Waals surface area contributed by atoms with Crippen LogP contribution in [0.3, 0.4) is 0 Å². The summed E-state index contributed by atoms with van der Waals surface area (Å²) >= 11 is 0. The van der Waals surface area contributed by atoms with E-state index >= 15 is 0 Å². The van der Waals surface area contributed by atoms with E-state index in [2.05, 4.69) is 0 Å². The average Bonchev–Trinajstić information content (AvgIpc) is 2.43. The summed E-state index contributed by atoms with van der Waals surface area (Å²) in [6.45, 7) is 1.37. The first kappa shape index (κ1) is 16.3. The third kappa shape index (κ3) is 4.40. The van der Waals surface area contributed by atoms with E-state index < -0.39 is 5.97 Å². The summed E-state index contributed by atoms with van der Waals surface area (Å²) in [7, 11) is 5.04. The van der Waals surface area contributed by atoms with Crippen molar-refractivity contribution in [1.29, 1.82) is 0 Å². The number of nitrogens with zero attached hydrogens (tertiary/aromatic N) is 3. The van der Waals surface area contributed by atoms with Gasteiger partial charge in [-0.25, -0.2) is 4.79 Å². The van der Waals surface area contributed by atoms with Gasteiger partial charge in [-0.3, -0.25) is 9.59 Å². The van der Waals surface area contributed by atoms with Crippen LogP contribution in [0.15, 0.2) is 0 Å². The molecule has 0 atom stereocenters. The van der Waals surface area contributed by atoms with Gasteiger partial charge in [-0.05, 0) is 12.8 Å². The molecule has 0 aromatic carbocycles. The Morgan fingerprint density at radius 3 is 2.15 bits per heavy atom. The normalized spacial score (nSPS) is 15.8. The van der Waals surface area contributed by atoms with Crippen LogP contribution in [0.2, 0.25) is 0 Å². The first-order valence-corrected chi connectivity index (χ1v) is 6.76. The summed E-state index contributed by atoms with van der Waals surface area (Å²) in [5.74, 6) is -1.04.